The summed E-state index contributed by atoms with van der Waals surface area (Å²) in [6, 6.07) is 2.04. The number of hydrogen-bond donors (Lipinski definition) is 0. The average molecular weight is 295 g/mol. The van der Waals surface area contributed by atoms with Crippen molar-refractivity contribution in [2.45, 2.75) is 72.4 Å². The summed E-state index contributed by atoms with van der Waals surface area (Å²) in [7, 11) is 0. The summed E-state index contributed by atoms with van der Waals surface area (Å²) in [6.07, 6.45) is 0.0916. The number of carbonyl (C=O) groups is 2. The van der Waals surface area contributed by atoms with Crippen LogP contribution in [-0.2, 0) is 14.3 Å². The molecule has 0 fully saturated rings. The second-order valence-electron chi connectivity index (χ2n) is 7.27. The Kier molecular flexibility index (Phi) is 6.22. The van der Waals surface area contributed by atoms with Gasteiger partial charge in [-0.3, -0.25) is 9.59 Å². The van der Waals surface area contributed by atoms with E-state index in [0.717, 1.165) is 0 Å². The topological polar surface area (TPSA) is 91.9 Å². The van der Waals surface area contributed by atoms with Gasteiger partial charge in [0, 0.05) is 6.42 Å². The highest BCUT2D eigenvalue weighted by molar-refractivity contribution is 5.88. The van der Waals surface area contributed by atoms with E-state index >= 15 is 0 Å². The van der Waals surface area contributed by atoms with Crippen LogP contribution in [0.4, 0.5) is 0 Å². The molecular weight excluding hydrogens is 270 g/mol. The SMILES string of the molecule is CC(C)(C)N=NC(C)(C#N)CCC(=O)OC(=O)C(C)(C)C. The summed E-state index contributed by atoms with van der Waals surface area (Å²) in [5, 5.41) is 17.3. The molecule has 1 unspecified atom stereocenters. The lowest BCUT2D eigenvalue weighted by molar-refractivity contribution is -0.165. The maximum atomic E-state index is 11.6. The molecular formula is C15H25N3O3. The van der Waals surface area contributed by atoms with Gasteiger partial charge >= 0.3 is 11.9 Å². The largest absolute Gasteiger partial charge is 0.393 e. The fourth-order valence-corrected chi connectivity index (χ4v) is 1.04. The predicted octanol–water partition coefficient (Wildman–Crippen LogP) is 3.42. The molecule has 6 heteroatoms. The maximum Gasteiger partial charge on any atom is 0.318 e. The molecule has 1 atom stereocenters. The molecule has 0 saturated heterocycles. The number of rotatable bonds is 4. The first-order valence-corrected chi connectivity index (χ1v) is 6.89. The summed E-state index contributed by atoms with van der Waals surface area (Å²) in [5.41, 5.74) is -2.22. The van der Waals surface area contributed by atoms with Crippen LogP contribution in [0.15, 0.2) is 10.2 Å². The van der Waals surface area contributed by atoms with Crippen molar-refractivity contribution in [3.63, 3.8) is 0 Å². The van der Waals surface area contributed by atoms with Gasteiger partial charge in [0.2, 0.25) is 0 Å². The molecule has 0 aromatic rings. The minimum absolute atomic E-state index is 0.0605. The van der Waals surface area contributed by atoms with Gasteiger partial charge in [-0.2, -0.15) is 15.5 Å². The third-order valence-electron chi connectivity index (χ3n) is 2.45. The van der Waals surface area contributed by atoms with E-state index < -0.39 is 22.9 Å². The first-order chi connectivity index (χ1) is 9.29. The highest BCUT2D eigenvalue weighted by Gasteiger charge is 2.29. The predicted molar refractivity (Wildman–Crippen MR) is 78.4 cm³/mol. The Morgan fingerprint density at radius 3 is 1.95 bits per heavy atom. The molecule has 0 rings (SSSR count). The van der Waals surface area contributed by atoms with Crippen molar-refractivity contribution in [2.24, 2.45) is 15.6 Å². The fraction of sp³-hybridized carbons (Fsp3) is 0.800. The van der Waals surface area contributed by atoms with Gasteiger partial charge in [0.1, 0.15) is 0 Å². The van der Waals surface area contributed by atoms with Crippen molar-refractivity contribution in [1.82, 2.24) is 0 Å². The van der Waals surface area contributed by atoms with Gasteiger partial charge in [0.15, 0.2) is 5.54 Å². The minimum atomic E-state index is -1.10. The zero-order chi connectivity index (χ0) is 16.9. The molecule has 0 bridgehead atoms. The smallest absolute Gasteiger partial charge is 0.318 e. The second kappa shape index (κ2) is 6.79. The monoisotopic (exact) mass is 295 g/mol. The third-order valence-corrected chi connectivity index (χ3v) is 2.45. The van der Waals surface area contributed by atoms with Crippen LogP contribution < -0.4 is 0 Å². The zero-order valence-corrected chi connectivity index (χ0v) is 14.0. The number of hydrogen-bond acceptors (Lipinski definition) is 6. The molecule has 21 heavy (non-hydrogen) atoms. The number of nitriles is 1. The van der Waals surface area contributed by atoms with Crippen molar-refractivity contribution in [2.75, 3.05) is 0 Å². The number of carbonyl (C=O) groups excluding carboxylic acids is 2. The minimum Gasteiger partial charge on any atom is -0.393 e. The molecule has 0 heterocycles. The Hall–Kier alpha value is -1.77. The van der Waals surface area contributed by atoms with Gasteiger partial charge in [-0.15, -0.1) is 0 Å². The Labute approximate surface area is 126 Å². The first-order valence-electron chi connectivity index (χ1n) is 6.89. The van der Waals surface area contributed by atoms with Gasteiger partial charge < -0.3 is 4.74 Å². The van der Waals surface area contributed by atoms with Crippen LogP contribution in [0.1, 0.15) is 61.3 Å². The molecule has 0 aromatic heterocycles. The Bertz CT molecular complexity index is 464. The maximum absolute atomic E-state index is 11.6. The standard InChI is InChI=1S/C15H25N3O3/c1-13(2,3)12(20)21-11(19)8-9-15(7,10-16)18-17-14(4,5)6/h8-9H2,1-7H3. The van der Waals surface area contributed by atoms with Crippen LogP contribution in [-0.4, -0.2) is 23.0 Å². The van der Waals surface area contributed by atoms with Crippen molar-refractivity contribution in [3.05, 3.63) is 0 Å². The van der Waals surface area contributed by atoms with Crippen LogP contribution in [0.5, 0.6) is 0 Å². The van der Waals surface area contributed by atoms with Crippen molar-refractivity contribution in [1.29, 1.82) is 5.26 Å². The number of ether oxygens (including phenoxy) is 1. The summed E-state index contributed by atoms with van der Waals surface area (Å²) in [5.74, 6) is -1.23. The van der Waals surface area contributed by atoms with E-state index in [0.29, 0.717) is 0 Å². The van der Waals surface area contributed by atoms with Crippen LogP contribution >= 0.6 is 0 Å². The lowest BCUT2D eigenvalue weighted by Gasteiger charge is -2.18. The molecule has 0 N–H and O–H groups in total. The van der Waals surface area contributed by atoms with Gasteiger partial charge in [0.25, 0.3) is 0 Å². The summed E-state index contributed by atoms with van der Waals surface area (Å²) >= 11 is 0. The van der Waals surface area contributed by atoms with E-state index in [2.05, 4.69) is 10.2 Å². The summed E-state index contributed by atoms with van der Waals surface area (Å²) in [4.78, 5) is 23.2. The number of azo groups is 1. The van der Waals surface area contributed by atoms with Crippen molar-refractivity contribution < 1.29 is 14.3 Å². The van der Waals surface area contributed by atoms with E-state index in [4.69, 9.17) is 4.74 Å². The molecule has 0 amide bonds. The second-order valence-corrected chi connectivity index (χ2v) is 7.27. The highest BCUT2D eigenvalue weighted by Crippen LogP contribution is 2.21. The molecule has 0 radical (unpaired) electrons. The Morgan fingerprint density at radius 2 is 1.57 bits per heavy atom. The molecule has 0 spiro atoms. The lowest BCUT2D eigenvalue weighted by atomic mass is 9.97. The van der Waals surface area contributed by atoms with Gasteiger partial charge in [-0.1, -0.05) is 0 Å². The van der Waals surface area contributed by atoms with E-state index in [1.54, 1.807) is 27.7 Å². The summed E-state index contributed by atoms with van der Waals surface area (Å²) in [6.45, 7) is 12.2. The van der Waals surface area contributed by atoms with Gasteiger partial charge in [-0.25, -0.2) is 0 Å². The highest BCUT2D eigenvalue weighted by atomic mass is 16.6. The van der Waals surface area contributed by atoms with E-state index in [9.17, 15) is 14.9 Å². The molecule has 0 aliphatic heterocycles. The Morgan fingerprint density at radius 1 is 1.05 bits per heavy atom. The van der Waals surface area contributed by atoms with Crippen LogP contribution in [0.25, 0.3) is 0 Å². The van der Waals surface area contributed by atoms with E-state index in [1.807, 2.05) is 26.8 Å². The van der Waals surface area contributed by atoms with Crippen LogP contribution in [0, 0.1) is 16.7 Å². The average Bonchev–Trinajstić information content (AvgIpc) is 2.32. The molecule has 118 valence electrons. The lowest BCUT2D eigenvalue weighted by Crippen LogP contribution is -2.27. The zero-order valence-electron chi connectivity index (χ0n) is 14.0. The quantitative estimate of drug-likeness (QED) is 0.451. The fourth-order valence-electron chi connectivity index (χ4n) is 1.04. The molecule has 0 aliphatic carbocycles. The Balaban J connectivity index is 4.61. The first kappa shape index (κ1) is 19.2. The number of esters is 2. The van der Waals surface area contributed by atoms with Gasteiger partial charge in [0.05, 0.1) is 17.0 Å². The molecule has 0 aromatic carbocycles. The third kappa shape index (κ3) is 8.18. The van der Waals surface area contributed by atoms with E-state index in [1.165, 1.54) is 0 Å². The van der Waals surface area contributed by atoms with E-state index in [-0.39, 0.29) is 18.4 Å². The van der Waals surface area contributed by atoms with Crippen molar-refractivity contribution in [3.8, 4) is 6.07 Å². The number of nitrogens with zero attached hydrogens (tertiary/aromatic N) is 3. The summed E-state index contributed by atoms with van der Waals surface area (Å²) < 4.78 is 4.74. The van der Waals surface area contributed by atoms with Crippen LogP contribution in [0.2, 0.25) is 0 Å². The van der Waals surface area contributed by atoms with Crippen LogP contribution in [0.3, 0.4) is 0 Å². The molecule has 0 saturated carbocycles. The normalized spacial score (nSPS) is 15.3. The molecule has 0 aliphatic rings. The molecule has 6 nitrogen and oxygen atoms in total. The van der Waals surface area contributed by atoms with Crippen molar-refractivity contribution >= 4 is 11.9 Å². The van der Waals surface area contributed by atoms with Gasteiger partial charge in [-0.05, 0) is 54.9 Å².